The first kappa shape index (κ1) is 17.4. The third-order valence-corrected chi connectivity index (χ3v) is 4.40. The Morgan fingerprint density at radius 3 is 2.60 bits per heavy atom. The lowest BCUT2D eigenvalue weighted by molar-refractivity contribution is -0.121. The molecule has 0 radical (unpaired) electrons. The van der Waals surface area contributed by atoms with Crippen molar-refractivity contribution in [3.05, 3.63) is 52.8 Å². The lowest BCUT2D eigenvalue weighted by Crippen LogP contribution is -2.35. The monoisotopic (exact) mass is 340 g/mol. The Bertz CT molecular complexity index is 752. The van der Waals surface area contributed by atoms with Crippen LogP contribution in [0.4, 0.5) is 0 Å². The van der Waals surface area contributed by atoms with Gasteiger partial charge in [-0.25, -0.2) is 4.68 Å². The van der Waals surface area contributed by atoms with Gasteiger partial charge in [0.15, 0.2) is 0 Å². The highest BCUT2D eigenvalue weighted by atomic mass is 16.2. The minimum atomic E-state index is -0.271. The van der Waals surface area contributed by atoms with Gasteiger partial charge in [-0.2, -0.15) is 5.10 Å². The number of rotatable bonds is 7. The number of nitrogens with one attached hydrogen (secondary N) is 1. The van der Waals surface area contributed by atoms with Crippen LogP contribution in [-0.2, 0) is 11.3 Å². The second-order valence-corrected chi connectivity index (χ2v) is 6.33. The Hall–Kier alpha value is -2.47. The molecule has 1 aromatic carbocycles. The summed E-state index contributed by atoms with van der Waals surface area (Å²) < 4.78 is 1.22. The molecule has 0 unspecified atom stereocenters. The molecule has 3 rings (SSSR count). The molecule has 0 aliphatic carbocycles. The SMILES string of the molecule is O=C(Cn1nc(-c2ccccc2)ccc1=O)NCCCN1CCCC1. The molecule has 0 spiro atoms. The van der Waals surface area contributed by atoms with E-state index in [1.54, 1.807) is 6.07 Å². The van der Waals surface area contributed by atoms with E-state index in [0.29, 0.717) is 12.2 Å². The topological polar surface area (TPSA) is 67.2 Å². The van der Waals surface area contributed by atoms with Gasteiger partial charge in [0.25, 0.3) is 5.56 Å². The molecule has 1 amide bonds. The number of benzene rings is 1. The van der Waals surface area contributed by atoms with Gasteiger partial charge in [-0.1, -0.05) is 30.3 Å². The predicted octanol–water partition coefficient (Wildman–Crippen LogP) is 1.51. The summed E-state index contributed by atoms with van der Waals surface area (Å²) in [5, 5.41) is 7.19. The molecular weight excluding hydrogens is 316 g/mol. The summed E-state index contributed by atoms with van der Waals surface area (Å²) in [5.41, 5.74) is 1.33. The minimum absolute atomic E-state index is 0.0524. The molecule has 0 bridgehead atoms. The number of likely N-dealkylation sites (tertiary alicyclic amines) is 1. The first-order valence-corrected chi connectivity index (χ1v) is 8.85. The summed E-state index contributed by atoms with van der Waals surface area (Å²) in [6.07, 6.45) is 3.48. The minimum Gasteiger partial charge on any atom is -0.354 e. The number of nitrogens with zero attached hydrogens (tertiary/aromatic N) is 3. The highest BCUT2D eigenvalue weighted by molar-refractivity contribution is 5.75. The zero-order valence-electron chi connectivity index (χ0n) is 14.4. The molecule has 1 aliphatic rings. The van der Waals surface area contributed by atoms with E-state index in [2.05, 4.69) is 15.3 Å². The van der Waals surface area contributed by atoms with E-state index in [0.717, 1.165) is 18.5 Å². The summed E-state index contributed by atoms with van der Waals surface area (Å²) in [7, 11) is 0. The molecule has 6 nitrogen and oxygen atoms in total. The fourth-order valence-electron chi connectivity index (χ4n) is 3.05. The maximum Gasteiger partial charge on any atom is 0.267 e. The lowest BCUT2D eigenvalue weighted by Gasteiger charge is -2.14. The maximum absolute atomic E-state index is 12.1. The number of hydrogen-bond acceptors (Lipinski definition) is 4. The fourth-order valence-corrected chi connectivity index (χ4v) is 3.05. The molecule has 1 fully saturated rings. The van der Waals surface area contributed by atoms with Gasteiger partial charge in [0.1, 0.15) is 6.54 Å². The molecule has 1 aromatic heterocycles. The normalized spacial score (nSPS) is 14.6. The van der Waals surface area contributed by atoms with E-state index < -0.39 is 0 Å². The summed E-state index contributed by atoms with van der Waals surface area (Å²) in [6.45, 7) is 3.92. The fraction of sp³-hybridized carbons (Fsp3) is 0.421. The van der Waals surface area contributed by atoms with Crippen molar-refractivity contribution in [1.29, 1.82) is 0 Å². The average Bonchev–Trinajstić information content (AvgIpc) is 3.15. The molecule has 2 heterocycles. The highest BCUT2D eigenvalue weighted by Crippen LogP contribution is 2.13. The highest BCUT2D eigenvalue weighted by Gasteiger charge is 2.11. The molecule has 1 aliphatic heterocycles. The third-order valence-electron chi connectivity index (χ3n) is 4.40. The number of amides is 1. The van der Waals surface area contributed by atoms with Crippen LogP contribution in [0.5, 0.6) is 0 Å². The molecule has 0 saturated carbocycles. The van der Waals surface area contributed by atoms with Crippen LogP contribution in [-0.4, -0.2) is 46.8 Å². The summed E-state index contributed by atoms with van der Waals surface area (Å²) >= 11 is 0. The first-order chi connectivity index (χ1) is 12.2. The third kappa shape index (κ3) is 5.00. The number of hydrogen-bond donors (Lipinski definition) is 1. The Balaban J connectivity index is 1.52. The van der Waals surface area contributed by atoms with E-state index >= 15 is 0 Å². The van der Waals surface area contributed by atoms with Gasteiger partial charge in [0, 0.05) is 18.2 Å². The number of aromatic nitrogens is 2. The van der Waals surface area contributed by atoms with Crippen molar-refractivity contribution in [2.24, 2.45) is 0 Å². The van der Waals surface area contributed by atoms with Crippen LogP contribution in [0, 0.1) is 0 Å². The van der Waals surface area contributed by atoms with E-state index in [1.807, 2.05) is 30.3 Å². The molecule has 132 valence electrons. The zero-order valence-corrected chi connectivity index (χ0v) is 14.4. The first-order valence-electron chi connectivity index (χ1n) is 8.85. The van der Waals surface area contributed by atoms with Crippen LogP contribution < -0.4 is 10.9 Å². The van der Waals surface area contributed by atoms with E-state index in [1.165, 1.54) is 36.7 Å². The van der Waals surface area contributed by atoms with E-state index in [-0.39, 0.29) is 18.0 Å². The van der Waals surface area contributed by atoms with Crippen LogP contribution in [0.25, 0.3) is 11.3 Å². The van der Waals surface area contributed by atoms with Gasteiger partial charge >= 0.3 is 0 Å². The van der Waals surface area contributed by atoms with Crippen LogP contribution in [0.1, 0.15) is 19.3 Å². The van der Waals surface area contributed by atoms with Gasteiger partial charge in [0.2, 0.25) is 5.91 Å². The molecule has 25 heavy (non-hydrogen) atoms. The second kappa shape index (κ2) is 8.58. The van der Waals surface area contributed by atoms with Crippen LogP contribution >= 0.6 is 0 Å². The smallest absolute Gasteiger partial charge is 0.267 e. The van der Waals surface area contributed by atoms with Gasteiger partial charge < -0.3 is 10.2 Å². The van der Waals surface area contributed by atoms with Crippen molar-refractivity contribution >= 4 is 5.91 Å². The quantitative estimate of drug-likeness (QED) is 0.776. The van der Waals surface area contributed by atoms with E-state index in [4.69, 9.17) is 0 Å². The Kier molecular flexibility index (Phi) is 5.95. The Morgan fingerprint density at radius 1 is 1.08 bits per heavy atom. The van der Waals surface area contributed by atoms with Crippen molar-refractivity contribution in [2.45, 2.75) is 25.8 Å². The lowest BCUT2D eigenvalue weighted by atomic mass is 10.1. The zero-order chi connectivity index (χ0) is 17.5. The Labute approximate surface area is 147 Å². The molecule has 6 heteroatoms. The second-order valence-electron chi connectivity index (χ2n) is 6.33. The average molecular weight is 340 g/mol. The summed E-state index contributed by atoms with van der Waals surface area (Å²) in [4.78, 5) is 26.5. The van der Waals surface area contributed by atoms with Gasteiger partial charge in [-0.15, -0.1) is 0 Å². The van der Waals surface area contributed by atoms with Crippen LogP contribution in [0.3, 0.4) is 0 Å². The molecule has 2 aromatic rings. The maximum atomic E-state index is 12.1. The van der Waals surface area contributed by atoms with Crippen molar-refractivity contribution in [1.82, 2.24) is 20.0 Å². The molecule has 1 N–H and O–H groups in total. The molecule has 0 atom stereocenters. The Morgan fingerprint density at radius 2 is 1.84 bits per heavy atom. The number of carbonyl (C=O) groups is 1. The number of carbonyl (C=O) groups excluding carboxylic acids is 1. The van der Waals surface area contributed by atoms with Gasteiger partial charge in [-0.3, -0.25) is 9.59 Å². The van der Waals surface area contributed by atoms with E-state index in [9.17, 15) is 9.59 Å². The van der Waals surface area contributed by atoms with Crippen molar-refractivity contribution < 1.29 is 4.79 Å². The summed E-state index contributed by atoms with van der Waals surface area (Å²) in [5.74, 6) is -0.179. The van der Waals surface area contributed by atoms with Gasteiger partial charge in [0.05, 0.1) is 5.69 Å². The predicted molar refractivity (Wildman–Crippen MR) is 97.2 cm³/mol. The molecule has 1 saturated heterocycles. The van der Waals surface area contributed by atoms with Crippen molar-refractivity contribution in [3.63, 3.8) is 0 Å². The largest absolute Gasteiger partial charge is 0.354 e. The van der Waals surface area contributed by atoms with Crippen LogP contribution in [0.15, 0.2) is 47.3 Å². The summed E-state index contributed by atoms with van der Waals surface area (Å²) in [6, 6.07) is 12.7. The van der Waals surface area contributed by atoms with Crippen LogP contribution in [0.2, 0.25) is 0 Å². The van der Waals surface area contributed by atoms with Gasteiger partial charge in [-0.05, 0) is 45.0 Å². The molecular formula is C19H24N4O2. The van der Waals surface area contributed by atoms with Crippen molar-refractivity contribution in [2.75, 3.05) is 26.2 Å². The standard InChI is InChI=1S/C19H24N4O2/c24-18(20-11-6-14-22-12-4-5-13-22)15-23-19(25)10-9-17(21-23)16-7-2-1-3-8-16/h1-3,7-10H,4-6,11-15H2,(H,20,24). The van der Waals surface area contributed by atoms with Crippen molar-refractivity contribution in [3.8, 4) is 11.3 Å².